The lowest BCUT2D eigenvalue weighted by molar-refractivity contribution is -0.120. The van der Waals surface area contributed by atoms with Crippen LogP contribution < -0.4 is 10.2 Å². The van der Waals surface area contributed by atoms with Gasteiger partial charge in [-0.05, 0) is 55.3 Å². The van der Waals surface area contributed by atoms with Gasteiger partial charge in [-0.15, -0.1) is 0 Å². The summed E-state index contributed by atoms with van der Waals surface area (Å²) in [4.78, 5) is 19.3. The fourth-order valence-corrected chi connectivity index (χ4v) is 3.60. The first kappa shape index (κ1) is 17.6. The molecule has 1 aliphatic rings. The van der Waals surface area contributed by atoms with Crippen LogP contribution in [0.15, 0.2) is 67.1 Å². The molecule has 2 aromatic heterocycles. The van der Waals surface area contributed by atoms with Crippen LogP contribution in [0.2, 0.25) is 5.02 Å². The highest BCUT2D eigenvalue weighted by Crippen LogP contribution is 2.24. The molecular formula is C21H21ClN4O. The van der Waals surface area contributed by atoms with E-state index in [0.29, 0.717) is 5.02 Å². The zero-order valence-corrected chi connectivity index (χ0v) is 15.6. The normalized spacial score (nSPS) is 14.9. The molecule has 4 rings (SSSR count). The maximum atomic E-state index is 12.5. The summed E-state index contributed by atoms with van der Waals surface area (Å²) in [5.41, 5.74) is 1.79. The van der Waals surface area contributed by atoms with E-state index in [-0.39, 0.29) is 11.8 Å². The fourth-order valence-electron chi connectivity index (χ4n) is 3.41. The number of nitrogens with one attached hydrogen (secondary N) is 1. The molecular weight excluding hydrogens is 360 g/mol. The zero-order valence-electron chi connectivity index (χ0n) is 14.9. The summed E-state index contributed by atoms with van der Waals surface area (Å²) in [6.07, 6.45) is 7.51. The van der Waals surface area contributed by atoms with Gasteiger partial charge in [-0.2, -0.15) is 0 Å². The molecule has 0 spiro atoms. The smallest absolute Gasteiger partial charge is 0.227 e. The number of anilines is 2. The summed E-state index contributed by atoms with van der Waals surface area (Å²) < 4.78 is 2.03. The maximum Gasteiger partial charge on any atom is 0.227 e. The fraction of sp³-hybridized carbons (Fsp3) is 0.238. The van der Waals surface area contributed by atoms with Gasteiger partial charge in [0.15, 0.2) is 0 Å². The highest BCUT2D eigenvalue weighted by Gasteiger charge is 2.25. The number of halogens is 1. The Bertz CT molecular complexity index is 900. The number of carbonyl (C=O) groups is 1. The predicted molar refractivity (Wildman–Crippen MR) is 109 cm³/mol. The Labute approximate surface area is 163 Å². The van der Waals surface area contributed by atoms with E-state index >= 15 is 0 Å². The number of nitrogens with zero attached hydrogens (tertiary/aromatic N) is 3. The molecule has 1 saturated heterocycles. The van der Waals surface area contributed by atoms with Gasteiger partial charge >= 0.3 is 0 Å². The highest BCUT2D eigenvalue weighted by molar-refractivity contribution is 6.30. The molecule has 1 N–H and O–H groups in total. The number of pyridine rings is 1. The number of aromatic nitrogens is 2. The van der Waals surface area contributed by atoms with E-state index < -0.39 is 0 Å². The van der Waals surface area contributed by atoms with Crippen molar-refractivity contribution >= 4 is 29.0 Å². The summed E-state index contributed by atoms with van der Waals surface area (Å²) >= 11 is 5.98. The monoisotopic (exact) mass is 380 g/mol. The van der Waals surface area contributed by atoms with E-state index in [1.807, 2.05) is 53.5 Å². The molecule has 0 atom stereocenters. The van der Waals surface area contributed by atoms with Crippen LogP contribution in [-0.2, 0) is 4.79 Å². The van der Waals surface area contributed by atoms with Crippen molar-refractivity contribution in [2.75, 3.05) is 23.3 Å². The Balaban J connectivity index is 1.34. The lowest BCUT2D eigenvalue weighted by atomic mass is 9.95. The molecule has 1 amide bonds. The molecule has 27 heavy (non-hydrogen) atoms. The summed E-state index contributed by atoms with van der Waals surface area (Å²) in [5.74, 6) is 1.03. The van der Waals surface area contributed by atoms with Crippen molar-refractivity contribution in [1.29, 1.82) is 0 Å². The molecule has 0 aliphatic carbocycles. The molecule has 138 valence electrons. The van der Waals surface area contributed by atoms with Crippen LogP contribution in [0.5, 0.6) is 0 Å². The first-order valence-corrected chi connectivity index (χ1v) is 9.47. The number of benzene rings is 1. The van der Waals surface area contributed by atoms with Crippen LogP contribution in [-0.4, -0.2) is 28.5 Å². The van der Waals surface area contributed by atoms with E-state index in [1.54, 1.807) is 12.1 Å². The second kappa shape index (κ2) is 7.84. The van der Waals surface area contributed by atoms with Gasteiger partial charge in [-0.25, -0.2) is 4.98 Å². The SMILES string of the molecule is O=C(Nc1cccc(Cl)c1)C1CCN(c2ccc(-n3cccc3)cn2)CC1. The molecule has 6 heteroatoms. The minimum Gasteiger partial charge on any atom is -0.357 e. The molecule has 0 bridgehead atoms. The number of rotatable bonds is 4. The third kappa shape index (κ3) is 4.14. The van der Waals surface area contributed by atoms with Crippen LogP contribution in [0.3, 0.4) is 0 Å². The van der Waals surface area contributed by atoms with E-state index in [4.69, 9.17) is 11.6 Å². The summed E-state index contributed by atoms with van der Waals surface area (Å²) in [5, 5.41) is 3.59. The molecule has 3 aromatic rings. The van der Waals surface area contributed by atoms with Crippen LogP contribution >= 0.6 is 11.6 Å². The van der Waals surface area contributed by atoms with Gasteiger partial charge in [0.1, 0.15) is 5.82 Å². The van der Waals surface area contributed by atoms with E-state index in [9.17, 15) is 4.79 Å². The van der Waals surface area contributed by atoms with E-state index in [2.05, 4.69) is 21.3 Å². The molecule has 3 heterocycles. The lowest BCUT2D eigenvalue weighted by Gasteiger charge is -2.32. The Morgan fingerprint density at radius 1 is 1.07 bits per heavy atom. The minimum atomic E-state index is 0.0133. The Kier molecular flexibility index (Phi) is 5.12. The predicted octanol–water partition coefficient (Wildman–Crippen LogP) is 4.38. The summed E-state index contributed by atoms with van der Waals surface area (Å²) in [6.45, 7) is 1.65. The second-order valence-electron chi connectivity index (χ2n) is 6.73. The molecule has 1 aliphatic heterocycles. The third-order valence-electron chi connectivity index (χ3n) is 4.92. The molecule has 0 unspecified atom stereocenters. The van der Waals surface area contributed by atoms with Crippen LogP contribution in [0.1, 0.15) is 12.8 Å². The molecule has 1 aromatic carbocycles. The zero-order chi connectivity index (χ0) is 18.6. The number of carbonyl (C=O) groups excluding carboxylic acids is 1. The highest BCUT2D eigenvalue weighted by atomic mass is 35.5. The van der Waals surface area contributed by atoms with Crippen molar-refractivity contribution < 1.29 is 4.79 Å². The molecule has 0 saturated carbocycles. The van der Waals surface area contributed by atoms with Crippen LogP contribution in [0, 0.1) is 5.92 Å². The van der Waals surface area contributed by atoms with Crippen molar-refractivity contribution in [1.82, 2.24) is 9.55 Å². The summed E-state index contributed by atoms with van der Waals surface area (Å²) in [6, 6.07) is 15.4. The maximum absolute atomic E-state index is 12.5. The van der Waals surface area contributed by atoms with Crippen molar-refractivity contribution in [3.05, 3.63) is 72.1 Å². The van der Waals surface area contributed by atoms with Crippen molar-refractivity contribution in [3.63, 3.8) is 0 Å². The van der Waals surface area contributed by atoms with E-state index in [1.165, 1.54) is 0 Å². The molecule has 1 fully saturated rings. The quantitative estimate of drug-likeness (QED) is 0.730. The van der Waals surface area contributed by atoms with Crippen molar-refractivity contribution in [2.45, 2.75) is 12.8 Å². The van der Waals surface area contributed by atoms with Crippen LogP contribution in [0.4, 0.5) is 11.5 Å². The minimum absolute atomic E-state index is 0.0133. The summed E-state index contributed by atoms with van der Waals surface area (Å²) in [7, 11) is 0. The Morgan fingerprint density at radius 2 is 1.85 bits per heavy atom. The first-order chi connectivity index (χ1) is 13.2. The van der Waals surface area contributed by atoms with Gasteiger partial charge in [0, 0.05) is 42.1 Å². The third-order valence-corrected chi connectivity index (χ3v) is 5.15. The largest absolute Gasteiger partial charge is 0.357 e. The van der Waals surface area contributed by atoms with Gasteiger partial charge < -0.3 is 14.8 Å². The number of hydrogen-bond donors (Lipinski definition) is 1. The first-order valence-electron chi connectivity index (χ1n) is 9.10. The Hall–Kier alpha value is -2.79. The van der Waals surface area contributed by atoms with E-state index in [0.717, 1.165) is 43.1 Å². The lowest BCUT2D eigenvalue weighted by Crippen LogP contribution is -2.38. The number of amides is 1. The van der Waals surface area contributed by atoms with Crippen molar-refractivity contribution in [3.8, 4) is 5.69 Å². The van der Waals surface area contributed by atoms with Gasteiger partial charge in [0.25, 0.3) is 0 Å². The molecule has 0 radical (unpaired) electrons. The van der Waals surface area contributed by atoms with Crippen LogP contribution in [0.25, 0.3) is 5.69 Å². The number of hydrogen-bond acceptors (Lipinski definition) is 3. The average Bonchev–Trinajstić information content (AvgIpc) is 3.23. The van der Waals surface area contributed by atoms with Gasteiger partial charge in [-0.1, -0.05) is 17.7 Å². The van der Waals surface area contributed by atoms with Gasteiger partial charge in [-0.3, -0.25) is 4.79 Å². The van der Waals surface area contributed by atoms with Gasteiger partial charge in [0.05, 0.1) is 11.9 Å². The molecule has 5 nitrogen and oxygen atoms in total. The topological polar surface area (TPSA) is 50.2 Å². The van der Waals surface area contributed by atoms with Gasteiger partial charge in [0.2, 0.25) is 5.91 Å². The number of piperidine rings is 1. The van der Waals surface area contributed by atoms with Crippen molar-refractivity contribution in [2.24, 2.45) is 5.92 Å². The Morgan fingerprint density at radius 3 is 2.52 bits per heavy atom. The standard InChI is InChI=1S/C21H21ClN4O/c22-17-4-3-5-18(14-17)24-21(27)16-8-12-26(13-9-16)20-7-6-19(15-23-20)25-10-1-2-11-25/h1-7,10-11,14-16H,8-9,12-13H2,(H,24,27). The average molecular weight is 381 g/mol. The second-order valence-corrected chi connectivity index (χ2v) is 7.16.